The number of hydrogen-bond acceptors (Lipinski definition) is 6. The van der Waals surface area contributed by atoms with Gasteiger partial charge in [-0.25, -0.2) is 9.67 Å². The van der Waals surface area contributed by atoms with Crippen molar-refractivity contribution in [2.75, 3.05) is 6.61 Å². The monoisotopic (exact) mass is 471 g/mol. The Morgan fingerprint density at radius 2 is 1.85 bits per heavy atom. The fraction of sp³-hybridized carbons (Fsp3) is 0.231. The van der Waals surface area contributed by atoms with Crippen LogP contribution >= 0.6 is 11.3 Å². The van der Waals surface area contributed by atoms with Gasteiger partial charge in [-0.3, -0.25) is 4.79 Å². The Morgan fingerprint density at radius 1 is 1.03 bits per heavy atom. The third-order valence-corrected chi connectivity index (χ3v) is 6.54. The summed E-state index contributed by atoms with van der Waals surface area (Å²) < 4.78 is 9.62. The molecule has 0 bridgehead atoms. The molecule has 8 heteroatoms. The van der Waals surface area contributed by atoms with Crippen LogP contribution in [0.1, 0.15) is 38.2 Å². The molecule has 5 aromatic rings. The van der Waals surface area contributed by atoms with Crippen LogP contribution in [0.5, 0.6) is 5.75 Å². The number of ether oxygens (including phenoxy) is 1. The Morgan fingerprint density at radius 3 is 2.62 bits per heavy atom. The molecule has 0 saturated carbocycles. The predicted octanol–water partition coefficient (Wildman–Crippen LogP) is 4.51. The molecule has 0 N–H and O–H groups in total. The zero-order valence-electron chi connectivity index (χ0n) is 18.9. The highest BCUT2D eigenvalue weighted by Crippen LogP contribution is 2.26. The number of unbranched alkanes of at least 4 members (excludes halogenated alkanes) is 3. The number of para-hydroxylation sites is 1. The number of benzene rings is 2. The first-order valence-electron chi connectivity index (χ1n) is 11.5. The van der Waals surface area contributed by atoms with Crippen molar-refractivity contribution in [1.82, 2.24) is 24.4 Å². The van der Waals surface area contributed by atoms with E-state index in [-0.39, 0.29) is 5.56 Å². The molecule has 34 heavy (non-hydrogen) atoms. The van der Waals surface area contributed by atoms with Gasteiger partial charge in [0.15, 0.2) is 0 Å². The fourth-order valence-electron chi connectivity index (χ4n) is 3.78. The average Bonchev–Trinajstić information content (AvgIpc) is 3.58. The lowest BCUT2D eigenvalue weighted by molar-refractivity contribution is 0.305. The first-order chi connectivity index (χ1) is 16.7. The van der Waals surface area contributed by atoms with Crippen LogP contribution in [0.25, 0.3) is 28.0 Å². The molecule has 0 atom stereocenters. The average molecular weight is 472 g/mol. The Hall–Kier alpha value is -3.78. The highest BCUT2D eigenvalue weighted by Gasteiger charge is 2.13. The summed E-state index contributed by atoms with van der Waals surface area (Å²) in [5, 5.41) is 8.87. The van der Waals surface area contributed by atoms with Gasteiger partial charge in [-0.15, -0.1) is 0 Å². The number of aromatic nitrogens is 5. The summed E-state index contributed by atoms with van der Waals surface area (Å²) in [4.78, 5) is 17.4. The molecule has 2 aromatic carbocycles. The molecular weight excluding hydrogens is 446 g/mol. The molecule has 0 amide bonds. The molecule has 172 valence electrons. The number of thiazole rings is 1. The number of rotatable bonds is 9. The van der Waals surface area contributed by atoms with Gasteiger partial charge in [0.1, 0.15) is 17.8 Å². The minimum atomic E-state index is -0.178. The summed E-state index contributed by atoms with van der Waals surface area (Å²) in [5.74, 6) is 0.848. The van der Waals surface area contributed by atoms with Crippen molar-refractivity contribution >= 4 is 22.4 Å². The lowest BCUT2D eigenvalue weighted by Crippen LogP contribution is -2.23. The molecule has 3 heterocycles. The molecule has 0 aliphatic carbocycles. The van der Waals surface area contributed by atoms with Gasteiger partial charge in [-0.2, -0.15) is 14.7 Å². The van der Waals surface area contributed by atoms with Crippen molar-refractivity contribution in [2.24, 2.45) is 0 Å². The van der Waals surface area contributed by atoms with Crippen LogP contribution in [-0.2, 0) is 0 Å². The predicted molar refractivity (Wildman–Crippen MR) is 135 cm³/mol. The van der Waals surface area contributed by atoms with Gasteiger partial charge >= 0.3 is 0 Å². The minimum Gasteiger partial charge on any atom is -0.494 e. The smallest absolute Gasteiger partial charge is 0.291 e. The molecule has 0 radical (unpaired) electrons. The van der Waals surface area contributed by atoms with E-state index in [1.807, 2.05) is 71.6 Å². The topological polar surface area (TPSA) is 74.3 Å². The van der Waals surface area contributed by atoms with Gasteiger partial charge in [0, 0.05) is 17.3 Å². The van der Waals surface area contributed by atoms with Crippen LogP contribution in [0.3, 0.4) is 0 Å². The van der Waals surface area contributed by atoms with Crippen molar-refractivity contribution < 1.29 is 4.74 Å². The number of fused-ring (bicyclic) bond motifs is 1. The maximum atomic E-state index is 12.7. The van der Waals surface area contributed by atoms with E-state index in [2.05, 4.69) is 17.0 Å². The molecule has 0 aliphatic rings. The third-order valence-electron chi connectivity index (χ3n) is 5.57. The summed E-state index contributed by atoms with van der Waals surface area (Å²) in [6.07, 6.45) is 9.90. The highest BCUT2D eigenvalue weighted by molar-refractivity contribution is 7.15. The largest absolute Gasteiger partial charge is 0.494 e. The zero-order chi connectivity index (χ0) is 23.3. The van der Waals surface area contributed by atoms with E-state index in [0.717, 1.165) is 41.3 Å². The van der Waals surface area contributed by atoms with E-state index in [1.54, 1.807) is 0 Å². The van der Waals surface area contributed by atoms with Crippen LogP contribution in [-0.4, -0.2) is 31.0 Å². The first-order valence-corrected chi connectivity index (χ1v) is 12.3. The molecule has 0 aliphatic heterocycles. The molecule has 0 unspecified atom stereocenters. The summed E-state index contributed by atoms with van der Waals surface area (Å²) in [6, 6.07) is 17.9. The Kier molecular flexibility index (Phi) is 6.49. The molecular formula is C26H25N5O2S. The molecule has 0 saturated heterocycles. The lowest BCUT2D eigenvalue weighted by Gasteiger charge is -2.07. The number of hydrogen-bond donors (Lipinski definition) is 0. The highest BCUT2D eigenvalue weighted by atomic mass is 32.1. The van der Waals surface area contributed by atoms with E-state index < -0.39 is 0 Å². The van der Waals surface area contributed by atoms with Crippen molar-refractivity contribution in [2.45, 2.75) is 32.6 Å². The van der Waals surface area contributed by atoms with Crippen molar-refractivity contribution in [3.63, 3.8) is 0 Å². The van der Waals surface area contributed by atoms with Gasteiger partial charge in [-0.1, -0.05) is 55.7 Å². The summed E-state index contributed by atoms with van der Waals surface area (Å²) in [7, 11) is 0. The van der Waals surface area contributed by atoms with Crippen LogP contribution in [0.2, 0.25) is 0 Å². The molecule has 0 fully saturated rings. The fourth-order valence-corrected chi connectivity index (χ4v) is 4.65. The summed E-state index contributed by atoms with van der Waals surface area (Å²) in [6.45, 7) is 2.93. The van der Waals surface area contributed by atoms with E-state index in [1.165, 1.54) is 41.4 Å². The minimum absolute atomic E-state index is 0.178. The third kappa shape index (κ3) is 4.63. The van der Waals surface area contributed by atoms with Gasteiger partial charge in [0.2, 0.25) is 4.96 Å². The van der Waals surface area contributed by atoms with E-state index in [9.17, 15) is 4.79 Å². The van der Waals surface area contributed by atoms with Gasteiger partial charge in [-0.05, 0) is 48.9 Å². The standard InChI is InChI=1S/C26H25N5O2S/c1-2-3-4-8-15-33-22-13-11-19(12-14-22)24-20(17-30(29-24)21-9-6-5-7-10-21)16-23-25(32)31-26(34-23)27-18-28-31/h5-7,9-14,16-18H,2-4,8,15H2,1H3/b23-16-. The second-order valence-corrected chi connectivity index (χ2v) is 9.03. The molecule has 7 nitrogen and oxygen atoms in total. The SMILES string of the molecule is CCCCCCOc1ccc(-c2nn(-c3ccccc3)cc2/C=c2\sc3ncnn3c2=O)cc1. The van der Waals surface area contributed by atoms with E-state index >= 15 is 0 Å². The molecule has 5 rings (SSSR count). The Balaban J connectivity index is 1.49. The van der Waals surface area contributed by atoms with Gasteiger partial charge in [0.05, 0.1) is 16.8 Å². The van der Waals surface area contributed by atoms with Crippen molar-refractivity contribution in [3.8, 4) is 22.7 Å². The second kappa shape index (κ2) is 10.0. The first kappa shape index (κ1) is 22.0. The quantitative estimate of drug-likeness (QED) is 0.296. The van der Waals surface area contributed by atoms with Crippen molar-refractivity contribution in [1.29, 1.82) is 0 Å². The van der Waals surface area contributed by atoms with Gasteiger partial charge in [0.25, 0.3) is 5.56 Å². The van der Waals surface area contributed by atoms with Crippen LogP contribution < -0.4 is 14.8 Å². The van der Waals surface area contributed by atoms with Crippen LogP contribution in [0.4, 0.5) is 0 Å². The van der Waals surface area contributed by atoms with Crippen LogP contribution in [0.15, 0.2) is 71.9 Å². The normalized spacial score (nSPS) is 12.0. The summed E-state index contributed by atoms with van der Waals surface area (Å²) in [5.41, 5.74) is 3.35. The lowest BCUT2D eigenvalue weighted by atomic mass is 10.1. The molecule has 3 aromatic heterocycles. The second-order valence-electron chi connectivity index (χ2n) is 8.02. The summed E-state index contributed by atoms with van der Waals surface area (Å²) >= 11 is 1.32. The maximum absolute atomic E-state index is 12.7. The molecule has 0 spiro atoms. The maximum Gasteiger partial charge on any atom is 0.291 e. The van der Waals surface area contributed by atoms with Gasteiger partial charge < -0.3 is 4.74 Å². The van der Waals surface area contributed by atoms with Crippen LogP contribution in [0, 0.1) is 0 Å². The Labute approximate surface area is 201 Å². The van der Waals surface area contributed by atoms with Crippen molar-refractivity contribution in [3.05, 3.63) is 87.6 Å². The zero-order valence-corrected chi connectivity index (χ0v) is 19.7. The number of nitrogens with zero attached hydrogens (tertiary/aromatic N) is 5. The Bertz CT molecular complexity index is 1490. The van der Waals surface area contributed by atoms with E-state index in [0.29, 0.717) is 9.49 Å². The van der Waals surface area contributed by atoms with E-state index in [4.69, 9.17) is 9.84 Å².